The minimum absolute atomic E-state index is 0.112. The Balaban J connectivity index is 4.23. The average Bonchev–Trinajstić information content (AvgIpc) is 2.44. The third-order valence-corrected chi connectivity index (χ3v) is 3.25. The number of rotatable bonds is 15. The molecule has 0 radical (unpaired) electrons. The highest BCUT2D eigenvalue weighted by molar-refractivity contribution is 6.64. The van der Waals surface area contributed by atoms with Gasteiger partial charge in [0.2, 0.25) is 15.7 Å². The zero-order valence-corrected chi connectivity index (χ0v) is 15.2. The summed E-state index contributed by atoms with van der Waals surface area (Å²) in [6.45, 7) is 3.23. The van der Waals surface area contributed by atoms with Crippen LogP contribution in [0, 0.1) is 5.41 Å². The topological polar surface area (TPSA) is 78.9 Å². The van der Waals surface area contributed by atoms with Crippen molar-refractivity contribution in [3.8, 4) is 0 Å². The van der Waals surface area contributed by atoms with E-state index >= 15 is 0 Å². The molecule has 0 heterocycles. The van der Waals surface area contributed by atoms with Crippen molar-refractivity contribution in [2.45, 2.75) is 26.2 Å². The number of carbonyl (C=O) groups is 3. The highest BCUT2D eigenvalue weighted by Gasteiger charge is 2.26. The van der Waals surface area contributed by atoms with Crippen LogP contribution in [0.15, 0.2) is 0 Å². The normalized spacial score (nSPS) is 11.5. The second-order valence-corrected chi connectivity index (χ2v) is 6.55. The fourth-order valence-corrected chi connectivity index (χ4v) is 1.77. The molecule has 0 bridgehead atoms. The molecule has 0 atom stereocenters. The molecule has 0 aromatic carbocycles. The maximum Gasteiger partial charge on any atom is 0.223 e. The molecule has 0 amide bonds. The van der Waals surface area contributed by atoms with Gasteiger partial charge in [-0.15, -0.1) is 0 Å². The van der Waals surface area contributed by atoms with Gasteiger partial charge in [-0.2, -0.15) is 0 Å². The van der Waals surface area contributed by atoms with Crippen molar-refractivity contribution in [2.24, 2.45) is 5.41 Å². The van der Waals surface area contributed by atoms with Crippen LogP contribution in [0.3, 0.4) is 0 Å². The fourth-order valence-electron chi connectivity index (χ4n) is 1.54. The Hall–Kier alpha value is -0.240. The maximum absolute atomic E-state index is 10.7. The summed E-state index contributed by atoms with van der Waals surface area (Å²) in [6.07, 6.45) is 0.336. The first-order valence-corrected chi connectivity index (χ1v) is 8.17. The first-order chi connectivity index (χ1) is 10.7. The number of halogens is 3. The summed E-state index contributed by atoms with van der Waals surface area (Å²) in [7, 11) is 0. The van der Waals surface area contributed by atoms with E-state index in [1.807, 2.05) is 6.92 Å². The lowest BCUT2D eigenvalue weighted by Gasteiger charge is -2.29. The van der Waals surface area contributed by atoms with Crippen molar-refractivity contribution in [1.82, 2.24) is 0 Å². The van der Waals surface area contributed by atoms with Crippen LogP contribution in [0.2, 0.25) is 0 Å². The molecular weight excluding hydrogens is 371 g/mol. The van der Waals surface area contributed by atoms with Gasteiger partial charge in [0.1, 0.15) is 0 Å². The third-order valence-electron chi connectivity index (χ3n) is 2.68. The largest absolute Gasteiger partial charge is 0.380 e. The molecule has 0 aliphatic heterocycles. The summed E-state index contributed by atoms with van der Waals surface area (Å²) in [5.41, 5.74) is -0.514. The molecule has 0 aromatic rings. The predicted molar refractivity (Wildman–Crippen MR) is 87.0 cm³/mol. The van der Waals surface area contributed by atoms with Crippen LogP contribution >= 0.6 is 34.8 Å². The van der Waals surface area contributed by atoms with Gasteiger partial charge in [0.25, 0.3) is 0 Å². The van der Waals surface area contributed by atoms with Crippen LogP contribution in [0.5, 0.6) is 0 Å². The van der Waals surface area contributed by atoms with Crippen molar-refractivity contribution >= 4 is 50.5 Å². The number of carbonyl (C=O) groups excluding carboxylic acids is 3. The molecule has 6 nitrogen and oxygen atoms in total. The van der Waals surface area contributed by atoms with E-state index in [0.717, 1.165) is 0 Å². The Morgan fingerprint density at radius 2 is 0.957 bits per heavy atom. The minimum atomic E-state index is -0.514. The molecule has 134 valence electrons. The van der Waals surface area contributed by atoms with Gasteiger partial charge in [0, 0.05) is 24.7 Å². The second kappa shape index (κ2) is 13.1. The Morgan fingerprint density at radius 3 is 1.17 bits per heavy atom. The second-order valence-electron chi connectivity index (χ2n) is 5.28. The van der Waals surface area contributed by atoms with Gasteiger partial charge in [-0.3, -0.25) is 14.4 Å². The molecule has 0 saturated heterocycles. The monoisotopic (exact) mass is 390 g/mol. The summed E-state index contributed by atoms with van der Waals surface area (Å²) in [5.74, 6) is 0. The van der Waals surface area contributed by atoms with Gasteiger partial charge in [-0.25, -0.2) is 0 Å². The highest BCUT2D eigenvalue weighted by Crippen LogP contribution is 2.19. The number of hydrogen-bond donors (Lipinski definition) is 0. The molecule has 0 rings (SSSR count). The molecule has 0 fully saturated rings. The molecule has 0 aromatic heterocycles. The van der Waals surface area contributed by atoms with Crippen molar-refractivity contribution in [2.75, 3.05) is 39.6 Å². The van der Waals surface area contributed by atoms with E-state index in [1.165, 1.54) is 0 Å². The molecule has 0 N–H and O–H groups in total. The van der Waals surface area contributed by atoms with Crippen molar-refractivity contribution < 1.29 is 28.6 Å². The SMILES string of the molecule is CC(COCCC(=O)Cl)(COCCC(=O)Cl)COCCC(=O)Cl. The number of hydrogen-bond acceptors (Lipinski definition) is 6. The third kappa shape index (κ3) is 15.1. The average molecular weight is 392 g/mol. The quantitative estimate of drug-likeness (QED) is 0.315. The zero-order valence-electron chi connectivity index (χ0n) is 12.9. The summed E-state index contributed by atoms with van der Waals surface area (Å²) in [4.78, 5) is 32.0. The van der Waals surface area contributed by atoms with Gasteiger partial charge < -0.3 is 14.2 Å². The van der Waals surface area contributed by atoms with Gasteiger partial charge in [-0.1, -0.05) is 6.92 Å². The Labute approximate surface area is 150 Å². The van der Waals surface area contributed by atoms with Crippen LogP contribution in [0.1, 0.15) is 26.2 Å². The van der Waals surface area contributed by atoms with E-state index in [0.29, 0.717) is 0 Å². The molecule has 0 saturated carbocycles. The zero-order chi connectivity index (χ0) is 17.7. The highest BCUT2D eigenvalue weighted by atomic mass is 35.5. The van der Waals surface area contributed by atoms with Gasteiger partial charge in [-0.05, 0) is 34.8 Å². The summed E-state index contributed by atoms with van der Waals surface area (Å²) >= 11 is 15.7. The van der Waals surface area contributed by atoms with E-state index in [1.54, 1.807) is 0 Å². The first-order valence-electron chi connectivity index (χ1n) is 7.03. The van der Waals surface area contributed by atoms with Gasteiger partial charge in [0.15, 0.2) is 0 Å². The lowest BCUT2D eigenvalue weighted by Crippen LogP contribution is -2.35. The van der Waals surface area contributed by atoms with E-state index in [2.05, 4.69) is 0 Å². The standard InChI is InChI=1S/C14H21Cl3O6/c1-14(8-21-5-2-11(15)18,9-22-6-3-12(16)19)10-23-7-4-13(17)20/h2-10H2,1H3. The van der Waals surface area contributed by atoms with Crippen LogP contribution in [-0.4, -0.2) is 55.4 Å². The van der Waals surface area contributed by atoms with Crippen LogP contribution in [0.25, 0.3) is 0 Å². The Bertz CT molecular complexity index is 334. The van der Waals surface area contributed by atoms with Crippen LogP contribution in [0.4, 0.5) is 0 Å². The molecule has 0 spiro atoms. The van der Waals surface area contributed by atoms with Gasteiger partial charge >= 0.3 is 0 Å². The minimum Gasteiger partial charge on any atom is -0.380 e. The van der Waals surface area contributed by atoms with Crippen LogP contribution in [-0.2, 0) is 28.6 Å². The van der Waals surface area contributed by atoms with Crippen molar-refractivity contribution in [3.63, 3.8) is 0 Å². The van der Waals surface area contributed by atoms with Crippen molar-refractivity contribution in [1.29, 1.82) is 0 Å². The van der Waals surface area contributed by atoms with Crippen molar-refractivity contribution in [3.05, 3.63) is 0 Å². The molecule has 0 aliphatic carbocycles. The Kier molecular flexibility index (Phi) is 13.0. The maximum atomic E-state index is 10.7. The first kappa shape index (κ1) is 22.8. The van der Waals surface area contributed by atoms with Gasteiger partial charge in [0.05, 0.1) is 39.6 Å². The molecule has 23 heavy (non-hydrogen) atoms. The fraction of sp³-hybridized carbons (Fsp3) is 0.786. The summed E-state index contributed by atoms with van der Waals surface area (Å²) < 4.78 is 16.2. The van der Waals surface area contributed by atoms with E-state index in [9.17, 15) is 14.4 Å². The Morgan fingerprint density at radius 1 is 0.696 bits per heavy atom. The van der Waals surface area contributed by atoms with Crippen LogP contribution < -0.4 is 0 Å². The molecule has 0 unspecified atom stereocenters. The molecule has 0 aliphatic rings. The summed E-state index contributed by atoms with van der Waals surface area (Å²) in [5, 5.41) is -1.42. The van der Waals surface area contributed by atoms with E-state index < -0.39 is 21.1 Å². The predicted octanol–water partition coefficient (Wildman–Crippen LogP) is 2.51. The molecule has 9 heteroatoms. The van der Waals surface area contributed by atoms with E-state index in [-0.39, 0.29) is 58.9 Å². The van der Waals surface area contributed by atoms with E-state index in [4.69, 9.17) is 49.0 Å². The summed E-state index contributed by atoms with van der Waals surface area (Å²) in [6, 6.07) is 0. The number of ether oxygens (including phenoxy) is 3. The lowest BCUT2D eigenvalue weighted by molar-refractivity contribution is -0.114. The smallest absolute Gasteiger partial charge is 0.223 e. The molecular formula is C14H21Cl3O6. The lowest BCUT2D eigenvalue weighted by atomic mass is 9.94.